The number of anilines is 1. The molecule has 0 atom stereocenters. The fraction of sp³-hybridized carbons (Fsp3) is 0.250. The molecule has 0 spiro atoms. The Balaban J connectivity index is 1.63. The molecule has 1 aromatic heterocycles. The lowest BCUT2D eigenvalue weighted by Crippen LogP contribution is -2.14. The van der Waals surface area contributed by atoms with Crippen LogP contribution in [0.5, 0.6) is 17.2 Å². The van der Waals surface area contributed by atoms with Crippen molar-refractivity contribution in [1.29, 1.82) is 0 Å². The van der Waals surface area contributed by atoms with E-state index in [1.165, 1.54) is 0 Å². The lowest BCUT2D eigenvalue weighted by Gasteiger charge is -2.10. The first kappa shape index (κ1) is 20.5. The van der Waals surface area contributed by atoms with Gasteiger partial charge in [0, 0.05) is 6.07 Å². The highest BCUT2D eigenvalue weighted by Crippen LogP contribution is 2.33. The van der Waals surface area contributed by atoms with Crippen LogP contribution in [0.2, 0.25) is 0 Å². The summed E-state index contributed by atoms with van der Waals surface area (Å²) in [6.45, 7) is 2.40. The van der Waals surface area contributed by atoms with Gasteiger partial charge in [-0.3, -0.25) is 4.79 Å². The molecule has 2 aromatic carbocycles. The maximum Gasteiger partial charge on any atom is 0.277 e. The van der Waals surface area contributed by atoms with E-state index in [1.54, 1.807) is 44.6 Å². The van der Waals surface area contributed by atoms with Crippen molar-refractivity contribution >= 4 is 23.4 Å². The van der Waals surface area contributed by atoms with E-state index in [0.29, 0.717) is 41.0 Å². The molecule has 0 saturated carbocycles. The van der Waals surface area contributed by atoms with Crippen molar-refractivity contribution < 1.29 is 23.4 Å². The van der Waals surface area contributed by atoms with Crippen molar-refractivity contribution in [2.45, 2.75) is 12.1 Å². The Kier molecular flexibility index (Phi) is 6.96. The third-order valence-corrected chi connectivity index (χ3v) is 4.65. The van der Waals surface area contributed by atoms with Gasteiger partial charge in [-0.05, 0) is 31.2 Å². The van der Waals surface area contributed by atoms with Crippen molar-refractivity contribution in [2.75, 3.05) is 31.9 Å². The zero-order valence-corrected chi connectivity index (χ0v) is 17.1. The normalized spacial score (nSPS) is 10.4. The van der Waals surface area contributed by atoms with Crippen LogP contribution in [0.3, 0.4) is 0 Å². The molecule has 3 rings (SSSR count). The molecule has 0 aliphatic carbocycles. The minimum atomic E-state index is -0.205. The second kappa shape index (κ2) is 9.83. The minimum absolute atomic E-state index is 0.113. The standard InChI is InChI=1S/C20H21N3O5S/c1-4-27-16-8-6-5-7-15(16)21-18(24)12-29-20-23-22-19(28-20)14-10-9-13(25-2)11-17(14)26-3/h5-11H,4,12H2,1-3H3,(H,21,24). The fourth-order valence-electron chi connectivity index (χ4n) is 2.52. The predicted molar refractivity (Wildman–Crippen MR) is 110 cm³/mol. The van der Waals surface area contributed by atoms with Gasteiger partial charge in [0.1, 0.15) is 17.2 Å². The highest BCUT2D eigenvalue weighted by Gasteiger charge is 2.16. The number of hydrogen-bond acceptors (Lipinski definition) is 8. The highest BCUT2D eigenvalue weighted by molar-refractivity contribution is 7.99. The Bertz CT molecular complexity index is 976. The molecular weight excluding hydrogens is 394 g/mol. The zero-order valence-electron chi connectivity index (χ0n) is 16.3. The molecule has 1 amide bonds. The van der Waals surface area contributed by atoms with E-state index in [0.717, 1.165) is 11.8 Å². The molecule has 0 unspecified atom stereocenters. The van der Waals surface area contributed by atoms with Crippen LogP contribution in [-0.4, -0.2) is 42.7 Å². The number of carbonyl (C=O) groups is 1. The van der Waals surface area contributed by atoms with E-state index in [2.05, 4.69) is 15.5 Å². The van der Waals surface area contributed by atoms with Gasteiger partial charge in [0.05, 0.1) is 37.8 Å². The molecule has 0 fully saturated rings. The van der Waals surface area contributed by atoms with Gasteiger partial charge >= 0.3 is 0 Å². The molecule has 0 aliphatic rings. The van der Waals surface area contributed by atoms with Crippen molar-refractivity contribution in [1.82, 2.24) is 10.2 Å². The molecule has 0 aliphatic heterocycles. The first-order chi connectivity index (χ1) is 14.1. The number of ether oxygens (including phenoxy) is 3. The second-order valence-electron chi connectivity index (χ2n) is 5.71. The number of carbonyl (C=O) groups excluding carboxylic acids is 1. The Morgan fingerprint density at radius 3 is 2.69 bits per heavy atom. The van der Waals surface area contributed by atoms with Crippen LogP contribution in [-0.2, 0) is 4.79 Å². The Labute approximate surface area is 172 Å². The van der Waals surface area contributed by atoms with Gasteiger partial charge in [0.15, 0.2) is 0 Å². The first-order valence-electron chi connectivity index (χ1n) is 8.85. The summed E-state index contributed by atoms with van der Waals surface area (Å²) in [5, 5.41) is 11.1. The molecule has 0 bridgehead atoms. The summed E-state index contributed by atoms with van der Waals surface area (Å²) < 4.78 is 21.7. The first-order valence-corrected chi connectivity index (χ1v) is 9.83. The monoisotopic (exact) mass is 415 g/mol. The van der Waals surface area contributed by atoms with Gasteiger partial charge in [-0.15, -0.1) is 10.2 Å². The smallest absolute Gasteiger partial charge is 0.277 e. The number of methoxy groups -OCH3 is 2. The Morgan fingerprint density at radius 2 is 1.93 bits per heavy atom. The van der Waals surface area contributed by atoms with Gasteiger partial charge in [-0.25, -0.2) is 0 Å². The molecule has 3 aromatic rings. The van der Waals surface area contributed by atoms with E-state index in [9.17, 15) is 4.79 Å². The topological polar surface area (TPSA) is 95.7 Å². The second-order valence-corrected chi connectivity index (χ2v) is 6.63. The van der Waals surface area contributed by atoms with E-state index >= 15 is 0 Å². The minimum Gasteiger partial charge on any atom is -0.497 e. The molecule has 9 heteroatoms. The number of aromatic nitrogens is 2. The summed E-state index contributed by atoms with van der Waals surface area (Å²) in [6.07, 6.45) is 0. The van der Waals surface area contributed by atoms with Crippen LogP contribution in [0.4, 0.5) is 5.69 Å². The number of nitrogens with zero attached hydrogens (tertiary/aromatic N) is 2. The van der Waals surface area contributed by atoms with E-state index in [1.807, 2.05) is 19.1 Å². The van der Waals surface area contributed by atoms with E-state index in [4.69, 9.17) is 18.6 Å². The summed E-state index contributed by atoms with van der Waals surface area (Å²) in [7, 11) is 3.13. The van der Waals surface area contributed by atoms with Crippen LogP contribution < -0.4 is 19.5 Å². The van der Waals surface area contributed by atoms with Crippen molar-refractivity contribution in [3.05, 3.63) is 42.5 Å². The van der Waals surface area contributed by atoms with Crippen LogP contribution in [0.1, 0.15) is 6.92 Å². The summed E-state index contributed by atoms with van der Waals surface area (Å²) in [4.78, 5) is 12.3. The molecule has 8 nitrogen and oxygen atoms in total. The number of rotatable bonds is 9. The SMILES string of the molecule is CCOc1ccccc1NC(=O)CSc1nnc(-c2ccc(OC)cc2OC)o1. The van der Waals surface area contributed by atoms with Crippen LogP contribution in [0.15, 0.2) is 52.1 Å². The summed E-state index contributed by atoms with van der Waals surface area (Å²) in [5.41, 5.74) is 1.26. The highest BCUT2D eigenvalue weighted by atomic mass is 32.2. The molecule has 29 heavy (non-hydrogen) atoms. The zero-order chi connectivity index (χ0) is 20.6. The number of thioether (sulfide) groups is 1. The summed E-state index contributed by atoms with van der Waals surface area (Å²) in [5.74, 6) is 2.04. The van der Waals surface area contributed by atoms with Gasteiger partial charge < -0.3 is 23.9 Å². The molecule has 0 radical (unpaired) electrons. The molecule has 0 saturated heterocycles. The lowest BCUT2D eigenvalue weighted by molar-refractivity contribution is -0.113. The van der Waals surface area contributed by atoms with Crippen LogP contribution in [0, 0.1) is 0 Å². The van der Waals surface area contributed by atoms with Gasteiger partial charge in [0.2, 0.25) is 5.91 Å². The third-order valence-electron chi connectivity index (χ3n) is 3.83. The molecule has 152 valence electrons. The maximum absolute atomic E-state index is 12.3. The molecular formula is C20H21N3O5S. The summed E-state index contributed by atoms with van der Waals surface area (Å²) in [6, 6.07) is 12.6. The Morgan fingerprint density at radius 1 is 1.10 bits per heavy atom. The van der Waals surface area contributed by atoms with Crippen molar-refractivity contribution in [3.8, 4) is 28.7 Å². The average Bonchev–Trinajstić information content (AvgIpc) is 3.22. The fourth-order valence-corrected chi connectivity index (χ4v) is 3.08. The van der Waals surface area contributed by atoms with Gasteiger partial charge in [0.25, 0.3) is 11.1 Å². The number of benzene rings is 2. The van der Waals surface area contributed by atoms with Crippen molar-refractivity contribution in [2.24, 2.45) is 0 Å². The maximum atomic E-state index is 12.3. The number of nitrogens with one attached hydrogen (secondary N) is 1. The number of hydrogen-bond donors (Lipinski definition) is 1. The largest absolute Gasteiger partial charge is 0.497 e. The predicted octanol–water partition coefficient (Wildman–Crippen LogP) is 3.88. The molecule has 1 N–H and O–H groups in total. The lowest BCUT2D eigenvalue weighted by atomic mass is 10.2. The quantitative estimate of drug-likeness (QED) is 0.526. The third kappa shape index (κ3) is 5.20. The van der Waals surface area contributed by atoms with Gasteiger partial charge in [-0.2, -0.15) is 0 Å². The Hall–Kier alpha value is -3.20. The van der Waals surface area contributed by atoms with Crippen molar-refractivity contribution in [3.63, 3.8) is 0 Å². The average molecular weight is 415 g/mol. The van der Waals surface area contributed by atoms with Gasteiger partial charge in [-0.1, -0.05) is 23.9 Å². The van der Waals surface area contributed by atoms with Crippen LogP contribution in [0.25, 0.3) is 11.5 Å². The van der Waals surface area contributed by atoms with E-state index in [-0.39, 0.29) is 16.9 Å². The number of amides is 1. The number of para-hydroxylation sites is 2. The van der Waals surface area contributed by atoms with E-state index < -0.39 is 0 Å². The molecule has 1 heterocycles. The van der Waals surface area contributed by atoms with Crippen LogP contribution >= 0.6 is 11.8 Å². The summed E-state index contributed by atoms with van der Waals surface area (Å²) >= 11 is 1.14.